The lowest BCUT2D eigenvalue weighted by Crippen LogP contribution is -1.95. The van der Waals surface area contributed by atoms with Gasteiger partial charge in [0.2, 0.25) is 0 Å². The van der Waals surface area contributed by atoms with Gasteiger partial charge in [-0.1, -0.05) is 20.1 Å². The maximum Gasteiger partial charge on any atom is 0.0396 e. The predicted molar refractivity (Wildman–Crippen MR) is 51.3 cm³/mol. The van der Waals surface area contributed by atoms with Gasteiger partial charge in [0.05, 0.1) is 0 Å². The molecule has 1 atom stereocenters. The van der Waals surface area contributed by atoms with Crippen LogP contribution < -0.4 is 0 Å². The lowest BCUT2D eigenvalue weighted by atomic mass is 10.2. The summed E-state index contributed by atoms with van der Waals surface area (Å²) >= 11 is 0. The highest BCUT2D eigenvalue weighted by molar-refractivity contribution is 7.68. The summed E-state index contributed by atoms with van der Waals surface area (Å²) in [6, 6.07) is 0. The minimum atomic E-state index is -1.23. The van der Waals surface area contributed by atoms with Crippen LogP contribution >= 0.6 is 7.11 Å². The number of hydrogen-bond donors (Lipinski definition) is 0. The van der Waals surface area contributed by atoms with Crippen molar-refractivity contribution in [3.8, 4) is 0 Å². The maximum atomic E-state index is 5.29. The van der Waals surface area contributed by atoms with Crippen LogP contribution in [0.5, 0.6) is 0 Å². The third kappa shape index (κ3) is 5.08. The Morgan fingerprint density at radius 1 is 1.50 bits per heavy atom. The zero-order valence-corrected chi connectivity index (χ0v) is 8.45. The summed E-state index contributed by atoms with van der Waals surface area (Å²) in [7, 11) is 0.538. The molecule has 62 valence electrons. The summed E-state index contributed by atoms with van der Waals surface area (Å²) in [6.45, 7) is 6.60. The predicted octanol–water partition coefficient (Wildman–Crippen LogP) is 2.67. The van der Waals surface area contributed by atoms with Crippen molar-refractivity contribution in [1.29, 1.82) is 0 Å². The van der Waals surface area contributed by atoms with Crippen LogP contribution in [0.2, 0.25) is 0 Å². The Hall–Kier alpha value is 0.260. The average Bonchev–Trinajstić information content (AvgIpc) is 1.85. The van der Waals surface area contributed by atoms with Crippen molar-refractivity contribution in [3.63, 3.8) is 0 Å². The highest BCUT2D eigenvalue weighted by Crippen LogP contribution is 2.41. The topological polar surface area (TPSA) is 9.23 Å². The van der Waals surface area contributed by atoms with Gasteiger partial charge in [-0.2, -0.15) is 0 Å². The van der Waals surface area contributed by atoms with E-state index in [2.05, 4.69) is 26.8 Å². The molecule has 0 spiro atoms. The molecular formula is C8H19OP. The van der Waals surface area contributed by atoms with E-state index in [-0.39, 0.29) is 0 Å². The molecule has 0 heterocycles. The standard InChI is InChI=1S/C8H19OP/c1-8(2)6-7-10(4,5)9-3/h8H,4,6-7H2,1-3,5H3. The molecule has 0 aromatic carbocycles. The summed E-state index contributed by atoms with van der Waals surface area (Å²) in [5.74, 6) is 0.774. The summed E-state index contributed by atoms with van der Waals surface area (Å²) in [5.41, 5.74) is 0. The van der Waals surface area contributed by atoms with Crippen LogP contribution in [0.1, 0.15) is 20.3 Å². The Morgan fingerprint density at radius 2 is 2.00 bits per heavy atom. The molecule has 1 nitrogen and oxygen atoms in total. The Balaban J connectivity index is 3.58. The fourth-order valence-corrected chi connectivity index (χ4v) is 1.87. The Kier molecular flexibility index (Phi) is 4.31. The molecule has 0 aromatic heterocycles. The van der Waals surface area contributed by atoms with Crippen LogP contribution in [0.3, 0.4) is 0 Å². The second kappa shape index (κ2) is 4.20. The van der Waals surface area contributed by atoms with Crippen molar-refractivity contribution in [2.75, 3.05) is 19.9 Å². The zero-order valence-electron chi connectivity index (χ0n) is 7.55. The third-order valence-corrected chi connectivity index (χ3v) is 3.71. The van der Waals surface area contributed by atoms with Crippen LogP contribution in [0.25, 0.3) is 0 Å². The van der Waals surface area contributed by atoms with E-state index >= 15 is 0 Å². The number of hydrogen-bond acceptors (Lipinski definition) is 1. The molecule has 0 bridgehead atoms. The monoisotopic (exact) mass is 162 g/mol. The molecule has 2 heteroatoms. The van der Waals surface area contributed by atoms with Crippen LogP contribution in [0.4, 0.5) is 0 Å². The summed E-state index contributed by atoms with van der Waals surface area (Å²) in [6.07, 6.45) is 6.44. The van der Waals surface area contributed by atoms with Crippen LogP contribution in [0.15, 0.2) is 0 Å². The Morgan fingerprint density at radius 3 is 2.30 bits per heavy atom. The SMILES string of the molecule is C=P(C)(CCC(C)C)OC. The van der Waals surface area contributed by atoms with Crippen molar-refractivity contribution in [3.05, 3.63) is 0 Å². The van der Waals surface area contributed by atoms with E-state index < -0.39 is 7.11 Å². The molecule has 0 aliphatic carbocycles. The fraction of sp³-hybridized carbons (Fsp3) is 0.875. The second-order valence-electron chi connectivity index (χ2n) is 3.39. The van der Waals surface area contributed by atoms with E-state index in [1.54, 1.807) is 7.11 Å². The lowest BCUT2D eigenvalue weighted by molar-refractivity contribution is 0.457. The van der Waals surface area contributed by atoms with Gasteiger partial charge in [0.15, 0.2) is 0 Å². The molecule has 0 aliphatic rings. The van der Waals surface area contributed by atoms with Gasteiger partial charge in [-0.15, -0.1) is 0 Å². The second-order valence-corrected chi connectivity index (χ2v) is 6.79. The first-order chi connectivity index (χ1) is 4.48. The highest BCUT2D eigenvalue weighted by atomic mass is 31.2. The molecule has 0 aromatic rings. The minimum Gasteiger partial charge on any atom is -0.365 e. The maximum absolute atomic E-state index is 5.29. The van der Waals surface area contributed by atoms with Crippen LogP contribution in [0, 0.1) is 5.92 Å². The smallest absolute Gasteiger partial charge is 0.0396 e. The van der Waals surface area contributed by atoms with Gasteiger partial charge in [-0.25, -0.2) is 0 Å². The van der Waals surface area contributed by atoms with E-state index in [1.165, 1.54) is 6.42 Å². The molecule has 0 aliphatic heterocycles. The van der Waals surface area contributed by atoms with E-state index in [9.17, 15) is 0 Å². The van der Waals surface area contributed by atoms with Gasteiger partial charge in [0.1, 0.15) is 0 Å². The highest BCUT2D eigenvalue weighted by Gasteiger charge is 2.05. The first-order valence-corrected chi connectivity index (χ1v) is 6.26. The molecule has 0 N–H and O–H groups in total. The van der Waals surface area contributed by atoms with Crippen LogP contribution in [-0.4, -0.2) is 26.2 Å². The van der Waals surface area contributed by atoms with Gasteiger partial charge in [0.25, 0.3) is 0 Å². The van der Waals surface area contributed by atoms with E-state index in [0.717, 1.165) is 12.1 Å². The van der Waals surface area contributed by atoms with Crippen molar-refractivity contribution < 1.29 is 4.52 Å². The Bertz CT molecular complexity index is 129. The lowest BCUT2D eigenvalue weighted by Gasteiger charge is -2.17. The first-order valence-electron chi connectivity index (χ1n) is 3.73. The average molecular weight is 162 g/mol. The van der Waals surface area contributed by atoms with Crippen molar-refractivity contribution >= 4 is 13.4 Å². The molecule has 0 saturated carbocycles. The molecule has 10 heavy (non-hydrogen) atoms. The van der Waals surface area contributed by atoms with E-state index in [1.807, 2.05) is 0 Å². The molecule has 0 rings (SSSR count). The molecular weight excluding hydrogens is 143 g/mol. The van der Waals surface area contributed by atoms with E-state index in [0.29, 0.717) is 0 Å². The quantitative estimate of drug-likeness (QED) is 0.577. The normalized spacial score (nSPS) is 17.3. The Labute approximate surface area is 64.8 Å². The third-order valence-electron chi connectivity index (χ3n) is 1.62. The van der Waals surface area contributed by atoms with Gasteiger partial charge < -0.3 is 4.52 Å². The van der Waals surface area contributed by atoms with Gasteiger partial charge in [-0.3, -0.25) is 0 Å². The van der Waals surface area contributed by atoms with Crippen LogP contribution in [-0.2, 0) is 4.52 Å². The fourth-order valence-electron chi connectivity index (χ4n) is 0.623. The largest absolute Gasteiger partial charge is 0.365 e. The zero-order chi connectivity index (χ0) is 8.20. The van der Waals surface area contributed by atoms with E-state index in [4.69, 9.17) is 4.52 Å². The number of rotatable bonds is 4. The molecule has 0 saturated heterocycles. The molecule has 0 amide bonds. The molecule has 0 radical (unpaired) electrons. The van der Waals surface area contributed by atoms with Crippen molar-refractivity contribution in [2.45, 2.75) is 20.3 Å². The molecule has 1 unspecified atom stereocenters. The minimum absolute atomic E-state index is 0.774. The summed E-state index contributed by atoms with van der Waals surface area (Å²) in [4.78, 5) is 0. The van der Waals surface area contributed by atoms with Crippen molar-refractivity contribution in [1.82, 2.24) is 0 Å². The summed E-state index contributed by atoms with van der Waals surface area (Å²) in [5, 5.41) is 0. The summed E-state index contributed by atoms with van der Waals surface area (Å²) < 4.78 is 5.29. The van der Waals surface area contributed by atoms with Gasteiger partial charge in [0, 0.05) is 7.11 Å². The van der Waals surface area contributed by atoms with Gasteiger partial charge in [-0.05, 0) is 32.3 Å². The van der Waals surface area contributed by atoms with Crippen molar-refractivity contribution in [2.24, 2.45) is 5.92 Å². The first kappa shape index (κ1) is 10.3. The van der Waals surface area contributed by atoms with Gasteiger partial charge >= 0.3 is 0 Å². The molecule has 0 fully saturated rings.